The number of nitrogens with two attached hydrogens (primary N) is 1. The lowest BCUT2D eigenvalue weighted by atomic mass is 9.99. The molecule has 0 bridgehead atoms. The molecule has 0 saturated carbocycles. The quantitative estimate of drug-likeness (QED) is 0.146. The maximum absolute atomic E-state index is 13.3. The first-order chi connectivity index (χ1) is 23.0. The summed E-state index contributed by atoms with van der Waals surface area (Å²) in [6.07, 6.45) is 0.660. The van der Waals surface area contributed by atoms with E-state index in [4.69, 9.17) is 27.1 Å². The van der Waals surface area contributed by atoms with Gasteiger partial charge in [0.25, 0.3) is 0 Å². The first kappa shape index (κ1) is 34.5. The molecule has 2 amide bonds. The van der Waals surface area contributed by atoms with Crippen molar-refractivity contribution in [2.24, 2.45) is 10.7 Å². The molecular weight excluding hydrogens is 650 g/mol. The van der Waals surface area contributed by atoms with Crippen molar-refractivity contribution in [1.82, 2.24) is 20.1 Å². The minimum atomic E-state index is -0.589. The average Bonchev–Trinajstić information content (AvgIpc) is 3.56. The van der Waals surface area contributed by atoms with Gasteiger partial charge in [0.05, 0.1) is 31.4 Å². The predicted molar refractivity (Wildman–Crippen MR) is 187 cm³/mol. The molecular formula is C35H36ClN7O4S. The number of hydrogen-bond donors (Lipinski definition) is 2. The maximum atomic E-state index is 13.3. The number of halogens is 1. The number of aromatic nitrogens is 3. The van der Waals surface area contributed by atoms with Crippen LogP contribution in [0.15, 0.2) is 47.5 Å². The van der Waals surface area contributed by atoms with Crippen molar-refractivity contribution in [1.29, 1.82) is 0 Å². The number of esters is 1. The molecule has 0 radical (unpaired) electrons. The van der Waals surface area contributed by atoms with E-state index in [0.29, 0.717) is 46.5 Å². The number of fused-ring (bicyclic) bond motifs is 3. The smallest absolute Gasteiger partial charge is 0.339 e. The number of nitrogens with one attached hydrogen (secondary N) is 1. The van der Waals surface area contributed by atoms with E-state index < -0.39 is 12.0 Å². The Hall–Kier alpha value is -4.83. The van der Waals surface area contributed by atoms with E-state index >= 15 is 0 Å². The average molecular weight is 686 g/mol. The fraction of sp³-hybridized carbons (Fsp3) is 0.314. The molecule has 0 spiro atoms. The van der Waals surface area contributed by atoms with Crippen LogP contribution in [0.25, 0.3) is 5.00 Å². The first-order valence-electron chi connectivity index (χ1n) is 15.3. The zero-order chi connectivity index (χ0) is 34.5. The number of carbonyl (C=O) groups is 3. The van der Waals surface area contributed by atoms with Gasteiger partial charge in [-0.15, -0.1) is 21.5 Å². The van der Waals surface area contributed by atoms with Gasteiger partial charge in [0.1, 0.15) is 16.9 Å². The van der Waals surface area contributed by atoms with Gasteiger partial charge in [0.2, 0.25) is 11.8 Å². The van der Waals surface area contributed by atoms with Crippen LogP contribution in [0.4, 0.5) is 5.69 Å². The van der Waals surface area contributed by atoms with Crippen molar-refractivity contribution >= 4 is 52.1 Å². The Morgan fingerprint density at radius 3 is 2.58 bits per heavy atom. The fourth-order valence-electron chi connectivity index (χ4n) is 5.44. The summed E-state index contributed by atoms with van der Waals surface area (Å²) in [5.74, 6) is 6.02. The molecule has 1 aliphatic rings. The summed E-state index contributed by atoms with van der Waals surface area (Å²) in [7, 11) is 2.94. The fourth-order valence-corrected chi connectivity index (χ4v) is 6.78. The van der Waals surface area contributed by atoms with Crippen molar-refractivity contribution < 1.29 is 19.1 Å². The van der Waals surface area contributed by atoms with E-state index in [-0.39, 0.29) is 31.2 Å². The van der Waals surface area contributed by atoms with Gasteiger partial charge >= 0.3 is 5.97 Å². The van der Waals surface area contributed by atoms with Crippen LogP contribution >= 0.6 is 22.9 Å². The number of anilines is 1. The number of carbonyl (C=O) groups excluding carboxylic acids is 3. The van der Waals surface area contributed by atoms with Crippen LogP contribution in [-0.4, -0.2) is 65.5 Å². The highest BCUT2D eigenvalue weighted by molar-refractivity contribution is 7.15. The Morgan fingerprint density at radius 1 is 1.12 bits per heavy atom. The van der Waals surface area contributed by atoms with Crippen LogP contribution in [0.2, 0.25) is 5.02 Å². The number of amides is 2. The van der Waals surface area contributed by atoms with Gasteiger partial charge in [-0.3, -0.25) is 19.1 Å². The number of benzene rings is 2. The second kappa shape index (κ2) is 14.9. The van der Waals surface area contributed by atoms with Crippen LogP contribution in [-0.2, 0) is 14.3 Å². The molecule has 248 valence electrons. The van der Waals surface area contributed by atoms with E-state index in [1.54, 1.807) is 36.6 Å². The van der Waals surface area contributed by atoms with Crippen LogP contribution < -0.4 is 16.0 Å². The van der Waals surface area contributed by atoms with Gasteiger partial charge in [-0.1, -0.05) is 35.6 Å². The third kappa shape index (κ3) is 7.18. The van der Waals surface area contributed by atoms with E-state index in [0.717, 1.165) is 32.3 Å². The summed E-state index contributed by atoms with van der Waals surface area (Å²) >= 11 is 7.85. The topological polar surface area (TPSA) is 145 Å². The lowest BCUT2D eigenvalue weighted by Gasteiger charge is -2.18. The zero-order valence-corrected chi connectivity index (χ0v) is 29.0. The summed E-state index contributed by atoms with van der Waals surface area (Å²) in [6, 6.07) is 11.8. The predicted octanol–water partition coefficient (Wildman–Crippen LogP) is 4.85. The van der Waals surface area contributed by atoms with Gasteiger partial charge in [0, 0.05) is 52.3 Å². The molecule has 2 aromatic heterocycles. The zero-order valence-electron chi connectivity index (χ0n) is 27.4. The third-order valence-corrected chi connectivity index (χ3v) is 9.56. The molecule has 2 aromatic carbocycles. The first-order valence-corrected chi connectivity index (χ1v) is 16.5. The molecule has 5 rings (SSSR count). The van der Waals surface area contributed by atoms with Gasteiger partial charge in [-0.25, -0.2) is 4.79 Å². The van der Waals surface area contributed by atoms with Gasteiger partial charge < -0.3 is 20.7 Å². The minimum Gasteiger partial charge on any atom is -0.465 e. The summed E-state index contributed by atoms with van der Waals surface area (Å²) in [6.45, 7) is 6.47. The largest absolute Gasteiger partial charge is 0.465 e. The molecule has 3 N–H and O–H groups in total. The second-order valence-electron chi connectivity index (χ2n) is 11.2. The van der Waals surface area contributed by atoms with Crippen molar-refractivity contribution in [3.05, 3.63) is 91.8 Å². The highest BCUT2D eigenvalue weighted by Crippen LogP contribution is 2.39. The number of rotatable bonds is 9. The Labute approximate surface area is 288 Å². The molecule has 1 atom stereocenters. The van der Waals surface area contributed by atoms with Crippen LogP contribution in [0.1, 0.15) is 74.4 Å². The van der Waals surface area contributed by atoms with Crippen LogP contribution in [0.5, 0.6) is 0 Å². The molecule has 1 aliphatic heterocycles. The monoisotopic (exact) mass is 685 g/mol. The maximum Gasteiger partial charge on any atom is 0.339 e. The second-order valence-corrected chi connectivity index (χ2v) is 12.9. The molecule has 4 aromatic rings. The van der Waals surface area contributed by atoms with Gasteiger partial charge in [0.15, 0.2) is 5.82 Å². The third-order valence-electron chi connectivity index (χ3n) is 8.12. The highest BCUT2D eigenvalue weighted by Gasteiger charge is 2.32. The minimum absolute atomic E-state index is 0.0508. The summed E-state index contributed by atoms with van der Waals surface area (Å²) < 4.78 is 6.84. The standard InChI is InChI=1S/C35H36ClN7O4S/c1-20-21(2)48-34-31(20)32(23-10-12-25(36)13-11-23)39-28(33-41-40-22(3)43(33)34)19-29(44)38-17-7-9-30(45)42(4)26-14-15-27(35(46)47-5)24(18-26)8-6-16-37/h10-15,18,28H,7,9,16-17,19,37H2,1-5H3,(H,38,44)/t28-/m0/s1. The molecule has 3 heterocycles. The number of ether oxygens (including phenoxy) is 1. The van der Waals surface area contributed by atoms with E-state index in [9.17, 15) is 14.4 Å². The van der Waals surface area contributed by atoms with E-state index in [2.05, 4.69) is 41.2 Å². The van der Waals surface area contributed by atoms with Gasteiger partial charge in [-0.2, -0.15) is 0 Å². The molecule has 11 nitrogen and oxygen atoms in total. The number of aliphatic imine (C=N–C) groups is 1. The van der Waals surface area contributed by atoms with Crippen molar-refractivity contribution in [2.75, 3.05) is 32.1 Å². The number of nitrogens with zero attached hydrogens (tertiary/aromatic N) is 5. The van der Waals surface area contributed by atoms with Crippen LogP contribution in [0.3, 0.4) is 0 Å². The molecule has 0 aliphatic carbocycles. The Balaban J connectivity index is 1.27. The van der Waals surface area contributed by atoms with Gasteiger partial charge in [-0.05, 0) is 63.1 Å². The van der Waals surface area contributed by atoms with Crippen LogP contribution in [0, 0.1) is 32.6 Å². The molecule has 48 heavy (non-hydrogen) atoms. The summed E-state index contributed by atoms with van der Waals surface area (Å²) in [5, 5.41) is 13.3. The molecule has 13 heteroatoms. The normalized spacial score (nSPS) is 13.3. The Bertz CT molecular complexity index is 1970. The van der Waals surface area contributed by atoms with Crippen molar-refractivity contribution in [3.63, 3.8) is 0 Å². The molecule has 0 unspecified atom stereocenters. The number of thiophene rings is 1. The lowest BCUT2D eigenvalue weighted by Crippen LogP contribution is -2.29. The van der Waals surface area contributed by atoms with Crippen molar-refractivity contribution in [2.45, 2.75) is 46.1 Å². The summed E-state index contributed by atoms with van der Waals surface area (Å²) in [5.41, 5.74) is 10.6. The Morgan fingerprint density at radius 2 is 1.88 bits per heavy atom. The lowest BCUT2D eigenvalue weighted by molar-refractivity contribution is -0.122. The number of hydrogen-bond acceptors (Lipinski definition) is 9. The highest BCUT2D eigenvalue weighted by atomic mass is 35.5. The number of aryl methyl sites for hydroxylation is 2. The molecule has 0 saturated heterocycles. The molecule has 0 fully saturated rings. The SMILES string of the molecule is COC(=O)c1ccc(N(C)C(=O)CCCNC(=O)C[C@@H]2N=C(c3ccc(Cl)cc3)c3c(sc(C)c3C)-n3c(C)nnc32)cc1C#CCN. The van der Waals surface area contributed by atoms with Crippen molar-refractivity contribution in [3.8, 4) is 16.8 Å². The van der Waals surface area contributed by atoms with E-state index in [1.807, 2.05) is 35.8 Å². The van der Waals surface area contributed by atoms with E-state index in [1.165, 1.54) is 12.0 Å². The Kier molecular flexibility index (Phi) is 10.7. The summed E-state index contributed by atoms with van der Waals surface area (Å²) in [4.78, 5) is 46.3. The number of methoxy groups -OCH3 is 1.